The van der Waals surface area contributed by atoms with Crippen molar-refractivity contribution in [3.63, 3.8) is 0 Å². The third-order valence-corrected chi connectivity index (χ3v) is 2.46. The molecule has 0 saturated heterocycles. The minimum Gasteiger partial charge on any atom is -0.478 e. The molecule has 2 rings (SSSR count). The number of amides is 3. The molecule has 3 amide bonds. The molecule has 106 valence electrons. The van der Waals surface area contributed by atoms with Crippen molar-refractivity contribution in [3.05, 3.63) is 48.7 Å². The molecule has 0 aliphatic rings. The van der Waals surface area contributed by atoms with Crippen LogP contribution >= 0.6 is 0 Å². The molecule has 2 aromatic rings. The van der Waals surface area contributed by atoms with Gasteiger partial charge >= 0.3 is 12.0 Å². The maximum atomic E-state index is 11.6. The van der Waals surface area contributed by atoms with Gasteiger partial charge in [0.25, 0.3) is 5.91 Å². The van der Waals surface area contributed by atoms with Gasteiger partial charge in [0.1, 0.15) is 0 Å². The number of rotatable bonds is 3. The van der Waals surface area contributed by atoms with E-state index in [-0.39, 0.29) is 0 Å². The van der Waals surface area contributed by atoms with Crippen molar-refractivity contribution in [2.45, 2.75) is 0 Å². The maximum absolute atomic E-state index is 11.6. The molecule has 0 radical (unpaired) electrons. The second-order valence-corrected chi connectivity index (χ2v) is 4.03. The van der Waals surface area contributed by atoms with Gasteiger partial charge in [-0.15, -0.1) is 0 Å². The number of carbonyl (C=O) groups is 3. The topological polar surface area (TPSA) is 108 Å². The number of pyridine rings is 1. The highest BCUT2D eigenvalue weighted by atomic mass is 16.4. The second-order valence-electron chi connectivity index (χ2n) is 4.03. The molecule has 1 aromatic heterocycles. The Bertz CT molecular complexity index is 740. The summed E-state index contributed by atoms with van der Waals surface area (Å²) in [5.41, 5.74) is 1.20. The number of aromatic nitrogens is 1. The van der Waals surface area contributed by atoms with Crippen LogP contribution in [0.15, 0.2) is 48.7 Å². The Morgan fingerprint density at radius 2 is 1.90 bits per heavy atom. The van der Waals surface area contributed by atoms with Crippen molar-refractivity contribution in [2.75, 3.05) is 5.32 Å². The van der Waals surface area contributed by atoms with Crippen LogP contribution in [0.1, 0.15) is 0 Å². The number of carboxylic acids is 1. The summed E-state index contributed by atoms with van der Waals surface area (Å²) >= 11 is 0. The molecule has 0 atom stereocenters. The lowest BCUT2D eigenvalue weighted by Crippen LogP contribution is -2.33. The van der Waals surface area contributed by atoms with Crippen LogP contribution in [0.5, 0.6) is 0 Å². The van der Waals surface area contributed by atoms with E-state index in [1.807, 2.05) is 29.6 Å². The van der Waals surface area contributed by atoms with E-state index in [4.69, 9.17) is 5.11 Å². The first-order chi connectivity index (χ1) is 10.0. The summed E-state index contributed by atoms with van der Waals surface area (Å²) in [6.45, 7) is 0. The number of benzene rings is 1. The number of aliphatic carboxylic acids is 1. The molecule has 1 aromatic carbocycles. The third-order valence-electron chi connectivity index (χ3n) is 2.46. The van der Waals surface area contributed by atoms with E-state index in [0.717, 1.165) is 17.0 Å². The van der Waals surface area contributed by atoms with E-state index in [9.17, 15) is 14.4 Å². The van der Waals surface area contributed by atoms with Crippen molar-refractivity contribution < 1.29 is 19.5 Å². The Morgan fingerprint density at radius 1 is 1.14 bits per heavy atom. The van der Waals surface area contributed by atoms with Crippen LogP contribution in [-0.2, 0) is 9.59 Å². The van der Waals surface area contributed by atoms with Gasteiger partial charge in [0, 0.05) is 17.5 Å². The van der Waals surface area contributed by atoms with Crippen LogP contribution < -0.4 is 10.6 Å². The molecule has 21 heavy (non-hydrogen) atoms. The van der Waals surface area contributed by atoms with Crippen molar-refractivity contribution in [1.82, 2.24) is 10.3 Å². The second kappa shape index (κ2) is 6.29. The lowest BCUT2D eigenvalue weighted by Gasteiger charge is -2.05. The highest BCUT2D eigenvalue weighted by molar-refractivity contribution is 6.06. The fourth-order valence-electron chi connectivity index (χ4n) is 1.60. The van der Waals surface area contributed by atoms with Crippen LogP contribution in [0.2, 0.25) is 0 Å². The Kier molecular flexibility index (Phi) is 4.25. The van der Waals surface area contributed by atoms with Crippen LogP contribution in [0.25, 0.3) is 10.9 Å². The molecule has 0 spiro atoms. The van der Waals surface area contributed by atoms with Gasteiger partial charge in [0.15, 0.2) is 0 Å². The number of anilines is 1. The van der Waals surface area contributed by atoms with Gasteiger partial charge < -0.3 is 10.4 Å². The van der Waals surface area contributed by atoms with E-state index in [1.54, 1.807) is 6.07 Å². The lowest BCUT2D eigenvalue weighted by molar-refractivity contribution is -0.131. The monoisotopic (exact) mass is 285 g/mol. The smallest absolute Gasteiger partial charge is 0.328 e. The van der Waals surface area contributed by atoms with E-state index < -0.39 is 17.9 Å². The predicted molar refractivity (Wildman–Crippen MR) is 75.7 cm³/mol. The summed E-state index contributed by atoms with van der Waals surface area (Å²) < 4.78 is 0. The van der Waals surface area contributed by atoms with Gasteiger partial charge in [-0.2, -0.15) is 0 Å². The Balaban J connectivity index is 2.01. The summed E-state index contributed by atoms with van der Waals surface area (Å²) in [7, 11) is 0. The standard InChI is InChI=1S/C14H11N3O4/c18-12(5-6-13(19)20)17-14(21)16-10-7-9-3-1-2-4-11(9)15-8-10/h1-8H,(H,19,20)(H2,16,17,18,21). The Labute approximate surface area is 119 Å². The van der Waals surface area contributed by atoms with Crippen molar-refractivity contribution in [3.8, 4) is 0 Å². The predicted octanol–water partition coefficient (Wildman–Crippen LogP) is 1.52. The molecule has 3 N–H and O–H groups in total. The average molecular weight is 285 g/mol. The van der Waals surface area contributed by atoms with Gasteiger partial charge in [0.2, 0.25) is 0 Å². The normalized spacial score (nSPS) is 10.5. The summed E-state index contributed by atoms with van der Waals surface area (Å²) in [5.74, 6) is -2.10. The number of nitrogens with one attached hydrogen (secondary N) is 2. The number of imide groups is 1. The molecular formula is C14H11N3O4. The van der Waals surface area contributed by atoms with E-state index in [1.165, 1.54) is 6.20 Å². The molecule has 0 aliphatic carbocycles. The molecule has 7 heteroatoms. The van der Waals surface area contributed by atoms with Crippen LogP contribution in [0, 0.1) is 0 Å². The number of urea groups is 1. The van der Waals surface area contributed by atoms with Crippen molar-refractivity contribution in [1.29, 1.82) is 0 Å². The van der Waals surface area contributed by atoms with Crippen LogP contribution in [0.4, 0.5) is 10.5 Å². The van der Waals surface area contributed by atoms with Crippen molar-refractivity contribution >= 4 is 34.5 Å². The molecule has 1 heterocycles. The number of carbonyl (C=O) groups excluding carboxylic acids is 2. The molecule has 0 saturated carbocycles. The zero-order valence-electron chi connectivity index (χ0n) is 10.7. The highest BCUT2D eigenvalue weighted by Crippen LogP contribution is 2.15. The van der Waals surface area contributed by atoms with Gasteiger partial charge in [-0.3, -0.25) is 15.1 Å². The first-order valence-corrected chi connectivity index (χ1v) is 5.92. The number of carboxylic acid groups (broad SMARTS) is 1. The zero-order valence-corrected chi connectivity index (χ0v) is 10.7. The van der Waals surface area contributed by atoms with Crippen LogP contribution in [0.3, 0.4) is 0 Å². The highest BCUT2D eigenvalue weighted by Gasteiger charge is 2.06. The fourth-order valence-corrected chi connectivity index (χ4v) is 1.60. The maximum Gasteiger partial charge on any atom is 0.328 e. The van der Waals surface area contributed by atoms with E-state index in [0.29, 0.717) is 11.8 Å². The number of hydrogen-bond donors (Lipinski definition) is 3. The number of hydrogen-bond acceptors (Lipinski definition) is 4. The number of para-hydroxylation sites is 1. The minimum absolute atomic E-state index is 0.418. The first kappa shape index (κ1) is 14.2. The third kappa shape index (κ3) is 4.13. The molecular weight excluding hydrogens is 274 g/mol. The van der Waals surface area contributed by atoms with Crippen molar-refractivity contribution in [2.24, 2.45) is 0 Å². The SMILES string of the molecule is O=C(O)C=CC(=O)NC(=O)Nc1cnc2ccccc2c1. The van der Waals surface area contributed by atoms with Crippen LogP contribution in [-0.4, -0.2) is 28.0 Å². The number of fused-ring (bicyclic) bond motifs is 1. The zero-order chi connectivity index (χ0) is 15.2. The minimum atomic E-state index is -1.27. The summed E-state index contributed by atoms with van der Waals surface area (Å²) in [4.78, 5) is 37.2. The Hall–Kier alpha value is -3.22. The molecule has 7 nitrogen and oxygen atoms in total. The number of nitrogens with zero attached hydrogens (tertiary/aromatic N) is 1. The summed E-state index contributed by atoms with van der Waals surface area (Å²) in [6.07, 6.45) is 2.85. The summed E-state index contributed by atoms with van der Waals surface area (Å²) in [5, 5.41) is 13.6. The largest absolute Gasteiger partial charge is 0.478 e. The fraction of sp³-hybridized carbons (Fsp3) is 0. The molecule has 0 fully saturated rings. The molecule has 0 unspecified atom stereocenters. The first-order valence-electron chi connectivity index (χ1n) is 5.92. The average Bonchev–Trinajstić information content (AvgIpc) is 2.45. The van der Waals surface area contributed by atoms with Gasteiger partial charge in [-0.25, -0.2) is 9.59 Å². The van der Waals surface area contributed by atoms with Gasteiger partial charge in [-0.1, -0.05) is 18.2 Å². The quantitative estimate of drug-likeness (QED) is 0.741. The Morgan fingerprint density at radius 3 is 2.67 bits per heavy atom. The van der Waals surface area contributed by atoms with Gasteiger partial charge in [-0.05, 0) is 12.1 Å². The van der Waals surface area contributed by atoms with E-state index in [2.05, 4.69) is 10.3 Å². The van der Waals surface area contributed by atoms with E-state index >= 15 is 0 Å². The lowest BCUT2D eigenvalue weighted by atomic mass is 10.2. The summed E-state index contributed by atoms with van der Waals surface area (Å²) in [6, 6.07) is 8.30. The molecule has 0 bridgehead atoms. The molecule has 0 aliphatic heterocycles. The van der Waals surface area contributed by atoms with Gasteiger partial charge in [0.05, 0.1) is 17.4 Å².